The summed E-state index contributed by atoms with van der Waals surface area (Å²) in [6.07, 6.45) is 0. The zero-order chi connectivity index (χ0) is 8.97. The number of amides is 2. The third kappa shape index (κ3) is 4.93. The molecule has 1 rings (SSSR count). The molecule has 14 heavy (non-hydrogen) atoms. The number of rotatable bonds is 1. The second-order valence-corrected chi connectivity index (χ2v) is 2.38. The van der Waals surface area contributed by atoms with Gasteiger partial charge in [-0.1, -0.05) is 18.2 Å². The number of benzene rings is 1. The first-order valence-electron chi connectivity index (χ1n) is 3.57. The molecule has 3 nitrogen and oxygen atoms in total. The molecule has 1 aromatic carbocycles. The van der Waals surface area contributed by atoms with Gasteiger partial charge in [-0.3, -0.25) is 14.9 Å². The maximum atomic E-state index is 11.1. The van der Waals surface area contributed by atoms with E-state index in [1.807, 2.05) is 6.07 Å². The Morgan fingerprint density at radius 3 is 2.07 bits per heavy atom. The van der Waals surface area contributed by atoms with Crippen LogP contribution >= 0.6 is 0 Å². The van der Waals surface area contributed by atoms with Gasteiger partial charge in [-0.25, -0.2) is 0 Å². The Labute approximate surface area is 98.2 Å². The van der Waals surface area contributed by atoms with Gasteiger partial charge in [0.15, 0.2) is 0 Å². The van der Waals surface area contributed by atoms with Gasteiger partial charge in [-0.05, 0) is 12.1 Å². The van der Waals surface area contributed by atoms with Crippen molar-refractivity contribution in [1.29, 1.82) is 0 Å². The van der Waals surface area contributed by atoms with Crippen LogP contribution in [-0.2, 0) is 25.9 Å². The van der Waals surface area contributed by atoms with E-state index in [1.54, 1.807) is 24.3 Å². The molecular weight excluding hydrogens is 350 g/mol. The van der Waals surface area contributed by atoms with E-state index >= 15 is 0 Å². The second kappa shape index (κ2) is 7.45. The van der Waals surface area contributed by atoms with Crippen molar-refractivity contribution in [2.75, 3.05) is 0 Å². The van der Waals surface area contributed by atoms with E-state index in [-0.39, 0.29) is 40.3 Å². The van der Waals surface area contributed by atoms with Gasteiger partial charge < -0.3 is 7.43 Å². The Hall–Kier alpha value is -0.952. The molecule has 0 saturated heterocycles. The first kappa shape index (κ1) is 15.5. The standard InChI is InChI=1S/C9H9NO2.CH3.W/c1-7(11)10-9(12)8-5-3-2-4-6-8;;/h2-6H,1H3,(H,10,11,12);1H3;/q;-1;. The van der Waals surface area contributed by atoms with Crippen molar-refractivity contribution >= 4 is 11.8 Å². The van der Waals surface area contributed by atoms with Gasteiger partial charge in [0.1, 0.15) is 0 Å². The maximum Gasteiger partial charge on any atom is 0.257 e. The third-order valence-electron chi connectivity index (χ3n) is 1.33. The number of hydrogen-bond acceptors (Lipinski definition) is 2. The van der Waals surface area contributed by atoms with Gasteiger partial charge in [-0.15, -0.1) is 0 Å². The molecular formula is C10H12NO2W-. The molecule has 0 atom stereocenters. The quantitative estimate of drug-likeness (QED) is 0.769. The Morgan fingerprint density at radius 2 is 1.64 bits per heavy atom. The minimum atomic E-state index is -0.358. The zero-order valence-corrected chi connectivity index (χ0v) is 11.0. The van der Waals surface area contributed by atoms with E-state index in [2.05, 4.69) is 5.32 Å². The van der Waals surface area contributed by atoms with E-state index in [4.69, 9.17) is 0 Å². The number of carbonyl (C=O) groups excluding carboxylic acids is 2. The summed E-state index contributed by atoms with van der Waals surface area (Å²) in [7, 11) is 0. The van der Waals surface area contributed by atoms with Gasteiger partial charge in [0.2, 0.25) is 5.91 Å². The van der Waals surface area contributed by atoms with Crippen LogP contribution in [0.3, 0.4) is 0 Å². The average molecular weight is 362 g/mol. The van der Waals surface area contributed by atoms with Crippen LogP contribution in [0.2, 0.25) is 0 Å². The molecule has 76 valence electrons. The first-order valence-corrected chi connectivity index (χ1v) is 3.57. The zero-order valence-electron chi connectivity index (χ0n) is 8.11. The van der Waals surface area contributed by atoms with Crippen LogP contribution in [0, 0.1) is 7.43 Å². The number of imide groups is 1. The van der Waals surface area contributed by atoms with E-state index < -0.39 is 0 Å². The fourth-order valence-corrected chi connectivity index (χ4v) is 0.822. The third-order valence-corrected chi connectivity index (χ3v) is 1.33. The van der Waals surface area contributed by atoms with Crippen LogP contribution in [0.25, 0.3) is 0 Å². The number of nitrogens with one attached hydrogen (secondary N) is 1. The Bertz CT molecular complexity index is 298. The molecule has 0 radical (unpaired) electrons. The van der Waals surface area contributed by atoms with Gasteiger partial charge in [0.25, 0.3) is 5.91 Å². The summed E-state index contributed by atoms with van der Waals surface area (Å²) in [6.45, 7) is 1.31. The smallest absolute Gasteiger partial charge is 0.257 e. The van der Waals surface area contributed by atoms with Crippen LogP contribution in [0.15, 0.2) is 30.3 Å². The van der Waals surface area contributed by atoms with Crippen molar-refractivity contribution < 1.29 is 30.7 Å². The molecule has 0 heterocycles. The molecule has 0 aliphatic carbocycles. The van der Waals surface area contributed by atoms with Crippen LogP contribution in [-0.4, -0.2) is 11.8 Å². The van der Waals surface area contributed by atoms with Gasteiger partial charge >= 0.3 is 0 Å². The fraction of sp³-hybridized carbons (Fsp3) is 0.100. The molecule has 0 saturated carbocycles. The van der Waals surface area contributed by atoms with Crippen molar-refractivity contribution in [3.05, 3.63) is 43.3 Å². The Balaban J connectivity index is 0. The maximum absolute atomic E-state index is 11.1. The molecule has 0 bridgehead atoms. The number of carbonyl (C=O) groups is 2. The summed E-state index contributed by atoms with van der Waals surface area (Å²) in [5.41, 5.74) is 0.493. The summed E-state index contributed by atoms with van der Waals surface area (Å²) in [4.78, 5) is 21.6. The summed E-state index contributed by atoms with van der Waals surface area (Å²) >= 11 is 0. The molecule has 0 aliphatic heterocycles. The van der Waals surface area contributed by atoms with Crippen LogP contribution in [0.4, 0.5) is 0 Å². The fourth-order valence-electron chi connectivity index (χ4n) is 0.822. The first-order chi connectivity index (χ1) is 5.70. The normalized spacial score (nSPS) is 7.79. The van der Waals surface area contributed by atoms with Gasteiger partial charge in [-0.2, -0.15) is 0 Å². The van der Waals surface area contributed by atoms with Crippen molar-refractivity contribution in [3.63, 3.8) is 0 Å². The second-order valence-electron chi connectivity index (χ2n) is 2.38. The molecule has 0 aromatic heterocycles. The van der Waals surface area contributed by atoms with Crippen molar-refractivity contribution in [2.45, 2.75) is 6.92 Å². The predicted molar refractivity (Wildman–Crippen MR) is 51.0 cm³/mol. The minimum Gasteiger partial charge on any atom is -0.358 e. The molecule has 1 N–H and O–H groups in total. The SMILES string of the molecule is CC(=O)NC(=O)c1ccccc1.[CH3-].[W]. The minimum absolute atomic E-state index is 0. The van der Waals surface area contributed by atoms with Gasteiger partial charge in [0.05, 0.1) is 0 Å². The van der Waals surface area contributed by atoms with E-state index in [0.717, 1.165) is 0 Å². The number of hydrogen-bond donors (Lipinski definition) is 1. The van der Waals surface area contributed by atoms with Crippen molar-refractivity contribution in [3.8, 4) is 0 Å². The Morgan fingerprint density at radius 1 is 1.14 bits per heavy atom. The molecule has 1 aromatic rings. The van der Waals surface area contributed by atoms with Crippen LogP contribution < -0.4 is 5.32 Å². The summed E-state index contributed by atoms with van der Waals surface area (Å²) < 4.78 is 0. The van der Waals surface area contributed by atoms with E-state index in [9.17, 15) is 9.59 Å². The summed E-state index contributed by atoms with van der Waals surface area (Å²) in [5.74, 6) is -0.702. The van der Waals surface area contributed by atoms with Crippen LogP contribution in [0.1, 0.15) is 17.3 Å². The predicted octanol–water partition coefficient (Wildman–Crippen LogP) is 1.41. The summed E-state index contributed by atoms with van der Waals surface area (Å²) in [5, 5.41) is 2.18. The summed E-state index contributed by atoms with van der Waals surface area (Å²) in [6, 6.07) is 8.60. The monoisotopic (exact) mass is 362 g/mol. The average Bonchev–Trinajstić information content (AvgIpc) is 2.05. The molecule has 4 heteroatoms. The molecule has 0 fully saturated rings. The van der Waals surface area contributed by atoms with Crippen LogP contribution in [0.5, 0.6) is 0 Å². The van der Waals surface area contributed by atoms with Crippen molar-refractivity contribution in [1.82, 2.24) is 5.32 Å². The molecule has 0 spiro atoms. The molecule has 2 amide bonds. The van der Waals surface area contributed by atoms with E-state index in [1.165, 1.54) is 6.92 Å². The van der Waals surface area contributed by atoms with Gasteiger partial charge in [0, 0.05) is 33.6 Å². The molecule has 0 aliphatic rings. The largest absolute Gasteiger partial charge is 0.358 e. The Kier molecular flexibility index (Phi) is 8.26. The molecule has 0 unspecified atom stereocenters. The van der Waals surface area contributed by atoms with Crippen molar-refractivity contribution in [2.24, 2.45) is 0 Å². The topological polar surface area (TPSA) is 46.2 Å². The van der Waals surface area contributed by atoms with E-state index in [0.29, 0.717) is 5.56 Å².